The Balaban J connectivity index is 1.35. The summed E-state index contributed by atoms with van der Waals surface area (Å²) in [5, 5.41) is 3.79. The fourth-order valence-corrected chi connectivity index (χ4v) is 5.32. The van der Waals surface area contributed by atoms with Crippen molar-refractivity contribution in [2.24, 2.45) is 0 Å². The Morgan fingerprint density at radius 1 is 1.18 bits per heavy atom. The number of anilines is 1. The van der Waals surface area contributed by atoms with Crippen molar-refractivity contribution in [2.45, 2.75) is 51.0 Å². The number of piperazine rings is 1. The van der Waals surface area contributed by atoms with Gasteiger partial charge in [-0.05, 0) is 38.3 Å². The second-order valence-corrected chi connectivity index (χ2v) is 10.4. The van der Waals surface area contributed by atoms with Crippen LogP contribution in [0.1, 0.15) is 31.9 Å². The summed E-state index contributed by atoms with van der Waals surface area (Å²) in [5.41, 5.74) is 2.53. The van der Waals surface area contributed by atoms with Crippen molar-refractivity contribution in [1.82, 2.24) is 25.1 Å². The topological polar surface area (TPSA) is 81.7 Å². The van der Waals surface area contributed by atoms with Gasteiger partial charge in [0.15, 0.2) is 5.16 Å². The van der Waals surface area contributed by atoms with Gasteiger partial charge in [0.05, 0.1) is 5.75 Å². The third-order valence-electron chi connectivity index (χ3n) is 6.09. The number of aromatic nitrogens is 2. The van der Waals surface area contributed by atoms with E-state index in [1.165, 1.54) is 22.9 Å². The zero-order chi connectivity index (χ0) is 24.2. The number of amides is 3. The molecule has 0 saturated carbocycles. The molecule has 4 rings (SSSR count). The second-order valence-electron chi connectivity index (χ2n) is 9.05. The summed E-state index contributed by atoms with van der Waals surface area (Å²) in [4.78, 5) is 40.1. The SMILES string of the molecule is CC(C)NC(=O)N1CCN(c2cc(Cl)nc(SCC(=O)N3CCc4ccccc4C3)n2)CC1C. The van der Waals surface area contributed by atoms with Crippen LogP contribution in [0, 0.1) is 0 Å². The summed E-state index contributed by atoms with van der Waals surface area (Å²) in [7, 11) is 0. The Kier molecular flexibility index (Phi) is 7.83. The van der Waals surface area contributed by atoms with E-state index in [9.17, 15) is 9.59 Å². The van der Waals surface area contributed by atoms with Crippen LogP contribution in [0.15, 0.2) is 35.5 Å². The average molecular weight is 503 g/mol. The highest BCUT2D eigenvalue weighted by Gasteiger charge is 2.29. The molecule has 1 unspecified atom stereocenters. The smallest absolute Gasteiger partial charge is 0.317 e. The lowest BCUT2D eigenvalue weighted by Crippen LogP contribution is -2.57. The van der Waals surface area contributed by atoms with Gasteiger partial charge in [0.25, 0.3) is 0 Å². The minimum atomic E-state index is -0.0436. The van der Waals surface area contributed by atoms with Crippen molar-refractivity contribution in [3.8, 4) is 0 Å². The number of hydrogen-bond donors (Lipinski definition) is 1. The van der Waals surface area contributed by atoms with Crippen LogP contribution >= 0.6 is 23.4 Å². The van der Waals surface area contributed by atoms with Crippen molar-refractivity contribution < 1.29 is 9.59 Å². The number of nitrogens with one attached hydrogen (secondary N) is 1. The van der Waals surface area contributed by atoms with Crippen LogP contribution < -0.4 is 10.2 Å². The number of fused-ring (bicyclic) bond motifs is 1. The van der Waals surface area contributed by atoms with Gasteiger partial charge in [-0.25, -0.2) is 14.8 Å². The first kappa shape index (κ1) is 24.6. The molecule has 2 aliphatic rings. The van der Waals surface area contributed by atoms with Gasteiger partial charge in [0.2, 0.25) is 5.91 Å². The van der Waals surface area contributed by atoms with Crippen molar-refractivity contribution in [3.63, 3.8) is 0 Å². The van der Waals surface area contributed by atoms with Gasteiger partial charge in [-0.15, -0.1) is 0 Å². The molecule has 34 heavy (non-hydrogen) atoms. The fourth-order valence-electron chi connectivity index (χ4n) is 4.34. The van der Waals surface area contributed by atoms with Crippen LogP contribution in [0.25, 0.3) is 0 Å². The van der Waals surface area contributed by atoms with Crippen LogP contribution in [-0.4, -0.2) is 75.7 Å². The van der Waals surface area contributed by atoms with Crippen molar-refractivity contribution in [3.05, 3.63) is 46.6 Å². The predicted octanol–water partition coefficient (Wildman–Crippen LogP) is 3.44. The summed E-state index contributed by atoms with van der Waals surface area (Å²) >= 11 is 7.61. The average Bonchev–Trinajstić information content (AvgIpc) is 2.81. The molecule has 2 aromatic rings. The Labute approximate surface area is 210 Å². The Bertz CT molecular complexity index is 1050. The van der Waals surface area contributed by atoms with Crippen LogP contribution in [0.3, 0.4) is 0 Å². The van der Waals surface area contributed by atoms with Crippen molar-refractivity contribution >= 4 is 41.1 Å². The molecular formula is C24H31ClN6O2S. The molecule has 1 N–H and O–H groups in total. The molecule has 182 valence electrons. The summed E-state index contributed by atoms with van der Waals surface area (Å²) in [5.74, 6) is 1.06. The number of rotatable bonds is 5. The van der Waals surface area contributed by atoms with E-state index in [0.717, 1.165) is 18.8 Å². The van der Waals surface area contributed by atoms with E-state index >= 15 is 0 Å². The Morgan fingerprint density at radius 3 is 2.68 bits per heavy atom. The summed E-state index contributed by atoms with van der Waals surface area (Å²) in [6, 6.07) is 10.1. The van der Waals surface area contributed by atoms with E-state index in [-0.39, 0.29) is 29.8 Å². The van der Waals surface area contributed by atoms with Crippen LogP contribution in [0.4, 0.5) is 10.6 Å². The summed E-state index contributed by atoms with van der Waals surface area (Å²) in [6.07, 6.45) is 0.879. The molecule has 0 aliphatic carbocycles. The Hall–Kier alpha value is -2.52. The molecule has 1 aromatic heterocycles. The number of carbonyl (C=O) groups is 2. The van der Waals surface area contributed by atoms with Gasteiger partial charge in [-0.1, -0.05) is 47.6 Å². The van der Waals surface area contributed by atoms with Gasteiger partial charge in [-0.2, -0.15) is 0 Å². The largest absolute Gasteiger partial charge is 0.353 e. The van der Waals surface area contributed by atoms with E-state index in [1.54, 1.807) is 6.07 Å². The van der Waals surface area contributed by atoms with E-state index in [2.05, 4.69) is 32.3 Å². The zero-order valence-electron chi connectivity index (χ0n) is 19.8. The van der Waals surface area contributed by atoms with E-state index in [1.807, 2.05) is 42.7 Å². The number of urea groups is 1. The monoisotopic (exact) mass is 502 g/mol. The first-order valence-electron chi connectivity index (χ1n) is 11.6. The fraction of sp³-hybridized carbons (Fsp3) is 0.500. The number of halogens is 1. The molecule has 10 heteroatoms. The minimum absolute atomic E-state index is 0.0286. The molecule has 0 bridgehead atoms. The maximum atomic E-state index is 12.8. The molecule has 3 amide bonds. The maximum Gasteiger partial charge on any atom is 0.317 e. The van der Waals surface area contributed by atoms with Gasteiger partial charge < -0.3 is 20.0 Å². The normalized spacial score (nSPS) is 18.1. The van der Waals surface area contributed by atoms with E-state index in [0.29, 0.717) is 36.5 Å². The molecule has 0 radical (unpaired) electrons. The predicted molar refractivity (Wildman–Crippen MR) is 135 cm³/mol. The van der Waals surface area contributed by atoms with Gasteiger partial charge in [0.1, 0.15) is 11.0 Å². The number of benzene rings is 1. The lowest BCUT2D eigenvalue weighted by atomic mass is 10.00. The number of nitrogens with zero attached hydrogens (tertiary/aromatic N) is 5. The molecule has 1 saturated heterocycles. The van der Waals surface area contributed by atoms with Crippen LogP contribution in [-0.2, 0) is 17.8 Å². The highest BCUT2D eigenvalue weighted by molar-refractivity contribution is 7.99. The number of hydrogen-bond acceptors (Lipinski definition) is 6. The standard InChI is InChI=1S/C24H31ClN6O2S/c1-16(2)26-24(33)31-11-10-29(13-17(31)3)21-12-20(25)27-23(28-21)34-15-22(32)30-9-8-18-6-4-5-7-19(18)14-30/h4-7,12,16-17H,8-11,13-15H2,1-3H3,(H,26,33). The number of carbonyl (C=O) groups excluding carboxylic acids is 2. The highest BCUT2D eigenvalue weighted by Crippen LogP contribution is 2.25. The summed E-state index contributed by atoms with van der Waals surface area (Å²) < 4.78 is 0. The molecule has 3 heterocycles. The van der Waals surface area contributed by atoms with Gasteiger partial charge in [-0.3, -0.25) is 4.79 Å². The molecule has 1 fully saturated rings. The quantitative estimate of drug-likeness (QED) is 0.383. The van der Waals surface area contributed by atoms with Crippen molar-refractivity contribution in [1.29, 1.82) is 0 Å². The zero-order valence-corrected chi connectivity index (χ0v) is 21.4. The van der Waals surface area contributed by atoms with E-state index in [4.69, 9.17) is 11.6 Å². The van der Waals surface area contributed by atoms with Crippen molar-refractivity contribution in [2.75, 3.05) is 36.8 Å². The highest BCUT2D eigenvalue weighted by atomic mass is 35.5. The van der Waals surface area contributed by atoms with E-state index < -0.39 is 0 Å². The first-order valence-corrected chi connectivity index (χ1v) is 13.0. The van der Waals surface area contributed by atoms with Gasteiger partial charge >= 0.3 is 6.03 Å². The molecule has 1 aromatic carbocycles. The lowest BCUT2D eigenvalue weighted by molar-refractivity contribution is -0.129. The molecule has 8 nitrogen and oxygen atoms in total. The van der Waals surface area contributed by atoms with Crippen LogP contribution in [0.2, 0.25) is 5.15 Å². The lowest BCUT2D eigenvalue weighted by Gasteiger charge is -2.40. The molecule has 1 atom stereocenters. The maximum absolute atomic E-state index is 12.8. The third kappa shape index (κ3) is 5.93. The number of thioether (sulfide) groups is 1. The second kappa shape index (κ2) is 10.8. The summed E-state index contributed by atoms with van der Waals surface area (Å²) in [6.45, 7) is 9.20. The Morgan fingerprint density at radius 2 is 1.94 bits per heavy atom. The van der Waals surface area contributed by atoms with Crippen LogP contribution in [0.5, 0.6) is 0 Å². The minimum Gasteiger partial charge on any atom is -0.353 e. The van der Waals surface area contributed by atoms with Gasteiger partial charge in [0, 0.05) is 50.9 Å². The molecule has 2 aliphatic heterocycles. The molecule has 0 spiro atoms. The third-order valence-corrected chi connectivity index (χ3v) is 7.12. The first-order chi connectivity index (χ1) is 16.3. The molecular weight excluding hydrogens is 472 g/mol.